The summed E-state index contributed by atoms with van der Waals surface area (Å²) in [6.07, 6.45) is 0.490. The SMILES string of the molecule is CC1CN(S(=O)(=O)NCCc2ccc(Cl)s2)CC(C)O1. The van der Waals surface area contributed by atoms with Gasteiger partial charge in [0.05, 0.1) is 16.5 Å². The molecule has 1 fully saturated rings. The molecule has 0 amide bonds. The van der Waals surface area contributed by atoms with E-state index in [9.17, 15) is 8.42 Å². The molecule has 2 unspecified atom stereocenters. The Morgan fingerprint density at radius 1 is 1.40 bits per heavy atom. The summed E-state index contributed by atoms with van der Waals surface area (Å²) < 4.78 is 34.8. The number of hydrogen-bond acceptors (Lipinski definition) is 4. The molecule has 0 radical (unpaired) electrons. The van der Waals surface area contributed by atoms with Gasteiger partial charge in [-0.2, -0.15) is 12.7 Å². The quantitative estimate of drug-likeness (QED) is 0.892. The number of nitrogens with one attached hydrogen (secondary N) is 1. The van der Waals surface area contributed by atoms with Crippen molar-refractivity contribution in [3.05, 3.63) is 21.3 Å². The summed E-state index contributed by atoms with van der Waals surface area (Å²) >= 11 is 7.31. The lowest BCUT2D eigenvalue weighted by atomic mass is 10.3. The average Bonchev–Trinajstić information content (AvgIpc) is 2.73. The van der Waals surface area contributed by atoms with Gasteiger partial charge < -0.3 is 4.74 Å². The first kappa shape index (κ1) is 16.2. The van der Waals surface area contributed by atoms with Crippen LogP contribution in [-0.4, -0.2) is 44.6 Å². The molecule has 20 heavy (non-hydrogen) atoms. The molecule has 0 aromatic carbocycles. The van der Waals surface area contributed by atoms with E-state index in [-0.39, 0.29) is 12.2 Å². The molecule has 1 aliphatic heterocycles. The van der Waals surface area contributed by atoms with Crippen LogP contribution in [0.4, 0.5) is 0 Å². The molecule has 0 bridgehead atoms. The van der Waals surface area contributed by atoms with Crippen molar-refractivity contribution in [1.29, 1.82) is 0 Å². The van der Waals surface area contributed by atoms with Crippen molar-refractivity contribution in [3.63, 3.8) is 0 Å². The molecule has 5 nitrogen and oxygen atoms in total. The maximum Gasteiger partial charge on any atom is 0.279 e. The highest BCUT2D eigenvalue weighted by molar-refractivity contribution is 7.87. The largest absolute Gasteiger partial charge is 0.373 e. The van der Waals surface area contributed by atoms with Crippen LogP contribution in [0.2, 0.25) is 4.34 Å². The van der Waals surface area contributed by atoms with Gasteiger partial charge in [0, 0.05) is 24.5 Å². The van der Waals surface area contributed by atoms with Crippen molar-refractivity contribution in [2.45, 2.75) is 32.5 Å². The van der Waals surface area contributed by atoms with Crippen LogP contribution in [0.15, 0.2) is 12.1 Å². The van der Waals surface area contributed by atoms with Gasteiger partial charge in [-0.15, -0.1) is 11.3 Å². The zero-order chi connectivity index (χ0) is 14.8. The summed E-state index contributed by atoms with van der Waals surface area (Å²) in [6, 6.07) is 3.74. The van der Waals surface area contributed by atoms with Crippen LogP contribution >= 0.6 is 22.9 Å². The van der Waals surface area contributed by atoms with E-state index in [0.29, 0.717) is 26.1 Å². The number of thiophene rings is 1. The summed E-state index contributed by atoms with van der Waals surface area (Å²) in [4.78, 5) is 1.07. The van der Waals surface area contributed by atoms with Crippen LogP contribution in [0.3, 0.4) is 0 Å². The summed E-state index contributed by atoms with van der Waals surface area (Å²) in [7, 11) is -3.44. The molecule has 114 valence electrons. The number of morpholine rings is 1. The number of ether oxygens (including phenoxy) is 1. The summed E-state index contributed by atoms with van der Waals surface area (Å²) in [6.45, 7) is 4.92. The molecular weight excluding hydrogens is 320 g/mol. The minimum Gasteiger partial charge on any atom is -0.373 e. The zero-order valence-electron chi connectivity index (χ0n) is 11.5. The van der Waals surface area contributed by atoms with E-state index in [1.807, 2.05) is 26.0 Å². The second kappa shape index (κ2) is 6.72. The number of nitrogens with zero attached hydrogens (tertiary/aromatic N) is 1. The molecule has 0 saturated carbocycles. The maximum absolute atomic E-state index is 12.2. The standard InChI is InChI=1S/C12H19ClN2O3S2/c1-9-7-15(8-10(2)18-9)20(16,17)14-6-5-11-3-4-12(13)19-11/h3-4,9-10,14H,5-8H2,1-2H3. The van der Waals surface area contributed by atoms with E-state index in [4.69, 9.17) is 16.3 Å². The lowest BCUT2D eigenvalue weighted by Crippen LogP contribution is -2.52. The molecule has 0 aliphatic carbocycles. The summed E-state index contributed by atoms with van der Waals surface area (Å²) in [5.41, 5.74) is 0. The first-order valence-corrected chi connectivity index (χ1v) is 9.14. The third kappa shape index (κ3) is 4.41. The van der Waals surface area contributed by atoms with Crippen molar-refractivity contribution >= 4 is 33.1 Å². The van der Waals surface area contributed by atoms with Gasteiger partial charge in [-0.3, -0.25) is 0 Å². The molecule has 1 aromatic heterocycles. The van der Waals surface area contributed by atoms with Gasteiger partial charge in [0.25, 0.3) is 10.2 Å². The normalized spacial score (nSPS) is 24.9. The van der Waals surface area contributed by atoms with Gasteiger partial charge >= 0.3 is 0 Å². The Labute approximate surface area is 129 Å². The molecule has 2 rings (SSSR count). The van der Waals surface area contributed by atoms with Crippen molar-refractivity contribution in [2.24, 2.45) is 0 Å². The minimum atomic E-state index is -3.44. The first-order chi connectivity index (χ1) is 9.37. The highest BCUT2D eigenvalue weighted by atomic mass is 35.5. The number of hydrogen-bond donors (Lipinski definition) is 1. The van der Waals surface area contributed by atoms with Crippen LogP contribution in [0, 0.1) is 0 Å². The van der Waals surface area contributed by atoms with Crippen molar-refractivity contribution < 1.29 is 13.2 Å². The Morgan fingerprint density at radius 2 is 2.05 bits per heavy atom. The number of halogens is 1. The van der Waals surface area contributed by atoms with Gasteiger partial charge in [0.1, 0.15) is 0 Å². The summed E-state index contributed by atoms with van der Waals surface area (Å²) in [5, 5.41) is 0. The molecule has 0 spiro atoms. The first-order valence-electron chi connectivity index (χ1n) is 6.51. The van der Waals surface area contributed by atoms with Crippen molar-refractivity contribution in [2.75, 3.05) is 19.6 Å². The smallest absolute Gasteiger partial charge is 0.279 e. The van der Waals surface area contributed by atoms with E-state index in [0.717, 1.165) is 9.21 Å². The monoisotopic (exact) mass is 338 g/mol. The predicted molar refractivity (Wildman–Crippen MR) is 81.5 cm³/mol. The Morgan fingerprint density at radius 3 is 2.60 bits per heavy atom. The van der Waals surface area contributed by atoms with E-state index in [2.05, 4.69) is 4.72 Å². The van der Waals surface area contributed by atoms with Crippen molar-refractivity contribution in [3.8, 4) is 0 Å². The number of rotatable bonds is 5. The van der Waals surface area contributed by atoms with Gasteiger partial charge in [0.15, 0.2) is 0 Å². The average molecular weight is 339 g/mol. The molecule has 1 aliphatic rings. The lowest BCUT2D eigenvalue weighted by Gasteiger charge is -2.34. The van der Waals surface area contributed by atoms with E-state index < -0.39 is 10.2 Å². The van der Waals surface area contributed by atoms with E-state index in [1.54, 1.807) is 0 Å². The third-order valence-corrected chi connectivity index (χ3v) is 5.85. The van der Waals surface area contributed by atoms with E-state index >= 15 is 0 Å². The fourth-order valence-corrected chi connectivity index (χ4v) is 4.65. The molecule has 8 heteroatoms. The fraction of sp³-hybridized carbons (Fsp3) is 0.667. The third-order valence-electron chi connectivity index (χ3n) is 3.01. The highest BCUT2D eigenvalue weighted by Crippen LogP contribution is 2.21. The second-order valence-corrected chi connectivity index (χ2v) is 8.48. The topological polar surface area (TPSA) is 58.6 Å². The lowest BCUT2D eigenvalue weighted by molar-refractivity contribution is -0.0443. The van der Waals surface area contributed by atoms with Gasteiger partial charge in [-0.25, -0.2) is 4.72 Å². The van der Waals surface area contributed by atoms with Crippen LogP contribution in [-0.2, 0) is 21.4 Å². The molecule has 2 heterocycles. The Hall–Kier alpha value is -0.180. The minimum absolute atomic E-state index is 0.0774. The van der Waals surface area contributed by atoms with Crippen LogP contribution < -0.4 is 4.72 Å². The van der Waals surface area contributed by atoms with Crippen LogP contribution in [0.1, 0.15) is 18.7 Å². The predicted octanol–water partition coefficient (Wildman–Crippen LogP) is 1.89. The van der Waals surface area contributed by atoms with Gasteiger partial charge in [-0.1, -0.05) is 11.6 Å². The van der Waals surface area contributed by atoms with E-state index in [1.165, 1.54) is 15.6 Å². The fourth-order valence-electron chi connectivity index (χ4n) is 2.21. The molecule has 1 saturated heterocycles. The highest BCUT2D eigenvalue weighted by Gasteiger charge is 2.30. The summed E-state index contributed by atoms with van der Waals surface area (Å²) in [5.74, 6) is 0. The Kier molecular flexibility index (Phi) is 5.44. The Balaban J connectivity index is 1.87. The van der Waals surface area contributed by atoms with Gasteiger partial charge in [-0.05, 0) is 32.4 Å². The molecular formula is C12H19ClN2O3S2. The molecule has 2 atom stereocenters. The maximum atomic E-state index is 12.2. The zero-order valence-corrected chi connectivity index (χ0v) is 13.9. The van der Waals surface area contributed by atoms with Crippen molar-refractivity contribution in [1.82, 2.24) is 9.03 Å². The Bertz CT molecular complexity index is 537. The second-order valence-electron chi connectivity index (χ2n) is 4.93. The van der Waals surface area contributed by atoms with Crippen LogP contribution in [0.25, 0.3) is 0 Å². The molecule has 1 aromatic rings. The van der Waals surface area contributed by atoms with Crippen LogP contribution in [0.5, 0.6) is 0 Å². The van der Waals surface area contributed by atoms with Gasteiger partial charge in [0.2, 0.25) is 0 Å². The molecule has 1 N–H and O–H groups in total.